The number of hydrogen-bond acceptors (Lipinski definition) is 3. The van der Waals surface area contributed by atoms with Gasteiger partial charge in [-0.25, -0.2) is 17.5 Å². The normalized spacial score (nSPS) is 26.8. The van der Waals surface area contributed by atoms with Crippen LogP contribution in [0.15, 0.2) is 17.0 Å². The molecule has 0 heterocycles. The molecular weight excluding hydrogens is 291 g/mol. The summed E-state index contributed by atoms with van der Waals surface area (Å²) in [5.41, 5.74) is 6.09. The molecule has 2 atom stereocenters. The Hall–Kier alpha value is -1.14. The van der Waals surface area contributed by atoms with E-state index in [1.807, 2.05) is 0 Å². The summed E-state index contributed by atoms with van der Waals surface area (Å²) in [4.78, 5) is -0.103. The summed E-state index contributed by atoms with van der Waals surface area (Å²) >= 11 is 0. The summed E-state index contributed by atoms with van der Waals surface area (Å²) in [6.07, 6.45) is 2.74. The zero-order valence-corrected chi connectivity index (χ0v) is 13.5. The van der Waals surface area contributed by atoms with Gasteiger partial charge < -0.3 is 5.73 Å². The Morgan fingerprint density at radius 3 is 2.29 bits per heavy atom. The fourth-order valence-corrected chi connectivity index (χ4v) is 4.47. The van der Waals surface area contributed by atoms with Crippen molar-refractivity contribution in [3.05, 3.63) is 23.5 Å². The number of hydrogen-bond donors (Lipinski definition) is 2. The highest BCUT2D eigenvalue weighted by Crippen LogP contribution is 2.30. The first kappa shape index (κ1) is 16.2. The summed E-state index contributed by atoms with van der Waals surface area (Å²) in [6, 6.07) is 2.25. The largest absolute Gasteiger partial charge is 0.398 e. The first-order valence-corrected chi connectivity index (χ1v) is 8.75. The minimum atomic E-state index is -3.74. The van der Waals surface area contributed by atoms with E-state index < -0.39 is 15.8 Å². The average molecular weight is 314 g/mol. The van der Waals surface area contributed by atoms with Crippen molar-refractivity contribution in [3.63, 3.8) is 0 Å². The van der Waals surface area contributed by atoms with Crippen molar-refractivity contribution >= 4 is 15.7 Å². The third kappa shape index (κ3) is 3.74. The van der Waals surface area contributed by atoms with Gasteiger partial charge in [0.25, 0.3) is 0 Å². The lowest BCUT2D eigenvalue weighted by Gasteiger charge is -2.31. The van der Waals surface area contributed by atoms with Crippen molar-refractivity contribution in [1.29, 1.82) is 0 Å². The number of rotatable bonds is 3. The van der Waals surface area contributed by atoms with Gasteiger partial charge in [-0.15, -0.1) is 0 Å². The van der Waals surface area contributed by atoms with Crippen molar-refractivity contribution in [1.82, 2.24) is 4.72 Å². The Bertz CT molecular complexity index is 598. The molecule has 0 bridgehead atoms. The molecule has 21 heavy (non-hydrogen) atoms. The van der Waals surface area contributed by atoms with Gasteiger partial charge in [-0.2, -0.15) is 0 Å². The lowest BCUT2D eigenvalue weighted by atomic mass is 9.81. The van der Waals surface area contributed by atoms with E-state index in [4.69, 9.17) is 5.73 Å². The van der Waals surface area contributed by atoms with Crippen LogP contribution in [-0.4, -0.2) is 14.5 Å². The van der Waals surface area contributed by atoms with E-state index in [-0.39, 0.29) is 22.2 Å². The van der Waals surface area contributed by atoms with E-state index in [1.165, 1.54) is 13.0 Å². The molecule has 1 aliphatic carbocycles. The van der Waals surface area contributed by atoms with Crippen molar-refractivity contribution in [2.75, 3.05) is 5.73 Å². The van der Waals surface area contributed by atoms with Gasteiger partial charge in [0.1, 0.15) is 5.82 Å². The van der Waals surface area contributed by atoms with Gasteiger partial charge in [0.15, 0.2) is 0 Å². The van der Waals surface area contributed by atoms with Crippen LogP contribution in [0.1, 0.15) is 38.7 Å². The molecule has 0 aliphatic heterocycles. The molecule has 0 amide bonds. The fraction of sp³-hybridized carbons (Fsp3) is 0.600. The fourth-order valence-electron chi connectivity index (χ4n) is 3.16. The van der Waals surface area contributed by atoms with E-state index in [0.717, 1.165) is 25.3 Å². The highest BCUT2D eigenvalue weighted by atomic mass is 32.2. The Morgan fingerprint density at radius 1 is 1.19 bits per heavy atom. The van der Waals surface area contributed by atoms with Gasteiger partial charge in [-0.1, -0.05) is 13.8 Å². The molecule has 2 unspecified atom stereocenters. The highest BCUT2D eigenvalue weighted by molar-refractivity contribution is 7.89. The molecule has 1 aliphatic rings. The number of nitrogens with two attached hydrogens (primary N) is 1. The average Bonchev–Trinajstić information content (AvgIpc) is 2.33. The molecule has 0 saturated heterocycles. The summed E-state index contributed by atoms with van der Waals surface area (Å²) in [7, 11) is -3.74. The molecule has 0 aromatic heterocycles. The molecule has 118 valence electrons. The van der Waals surface area contributed by atoms with Crippen LogP contribution in [0.25, 0.3) is 0 Å². The molecule has 1 aromatic carbocycles. The van der Waals surface area contributed by atoms with Crippen LogP contribution in [0.5, 0.6) is 0 Å². The van der Waals surface area contributed by atoms with Crippen LogP contribution in [0.3, 0.4) is 0 Å². The second kappa shape index (κ2) is 5.93. The number of sulfonamides is 1. The molecule has 1 aromatic rings. The third-order valence-corrected chi connectivity index (χ3v) is 5.67. The van der Waals surface area contributed by atoms with E-state index >= 15 is 0 Å². The molecule has 3 N–H and O–H groups in total. The van der Waals surface area contributed by atoms with Crippen LogP contribution in [0.4, 0.5) is 10.1 Å². The monoisotopic (exact) mass is 314 g/mol. The van der Waals surface area contributed by atoms with Crippen LogP contribution in [-0.2, 0) is 10.0 Å². The third-order valence-electron chi connectivity index (χ3n) is 4.17. The minimum absolute atomic E-state index is 0.0978. The van der Waals surface area contributed by atoms with Crippen molar-refractivity contribution in [3.8, 4) is 0 Å². The van der Waals surface area contributed by atoms with Gasteiger partial charge >= 0.3 is 0 Å². The smallest absolute Gasteiger partial charge is 0.240 e. The van der Waals surface area contributed by atoms with Gasteiger partial charge in [-0.05, 0) is 50.2 Å². The first-order valence-electron chi connectivity index (χ1n) is 7.27. The van der Waals surface area contributed by atoms with Gasteiger partial charge in [0, 0.05) is 17.3 Å². The number of nitrogen functional groups attached to an aromatic ring is 1. The maximum absolute atomic E-state index is 13.7. The summed E-state index contributed by atoms with van der Waals surface area (Å²) in [5.74, 6) is 0.378. The van der Waals surface area contributed by atoms with E-state index in [2.05, 4.69) is 18.6 Å². The topological polar surface area (TPSA) is 72.2 Å². The van der Waals surface area contributed by atoms with Gasteiger partial charge in [0.05, 0.1) is 4.90 Å². The quantitative estimate of drug-likeness (QED) is 0.843. The molecule has 0 radical (unpaired) electrons. The second-order valence-electron chi connectivity index (χ2n) is 6.35. The zero-order valence-electron chi connectivity index (χ0n) is 12.7. The molecule has 1 fully saturated rings. The van der Waals surface area contributed by atoms with Crippen LogP contribution < -0.4 is 10.5 Å². The molecular formula is C15H23FN2O2S. The maximum Gasteiger partial charge on any atom is 0.240 e. The molecule has 6 heteroatoms. The molecule has 0 spiro atoms. The number of halogens is 1. The van der Waals surface area contributed by atoms with Gasteiger partial charge in [0.2, 0.25) is 10.0 Å². The van der Waals surface area contributed by atoms with Crippen molar-refractivity contribution in [2.45, 2.75) is 51.0 Å². The number of anilines is 1. The summed E-state index contributed by atoms with van der Waals surface area (Å²) in [5, 5.41) is 0. The van der Waals surface area contributed by atoms with E-state index in [0.29, 0.717) is 11.8 Å². The molecule has 4 nitrogen and oxygen atoms in total. The van der Waals surface area contributed by atoms with Crippen LogP contribution >= 0.6 is 0 Å². The Balaban J connectivity index is 2.22. The molecule has 1 saturated carbocycles. The predicted octanol–water partition coefficient (Wildman–Crippen LogP) is 2.82. The molecule has 2 rings (SSSR count). The Kier molecular flexibility index (Phi) is 4.58. The van der Waals surface area contributed by atoms with E-state index in [1.54, 1.807) is 0 Å². The van der Waals surface area contributed by atoms with Crippen molar-refractivity contribution < 1.29 is 12.8 Å². The Morgan fingerprint density at radius 2 is 1.76 bits per heavy atom. The lowest BCUT2D eigenvalue weighted by molar-refractivity contribution is 0.257. The minimum Gasteiger partial charge on any atom is -0.398 e. The zero-order chi connectivity index (χ0) is 15.8. The highest BCUT2D eigenvalue weighted by Gasteiger charge is 2.28. The first-order chi connectivity index (χ1) is 9.69. The second-order valence-corrected chi connectivity index (χ2v) is 8.07. The summed E-state index contributed by atoms with van der Waals surface area (Å²) in [6.45, 7) is 5.78. The van der Waals surface area contributed by atoms with E-state index in [9.17, 15) is 12.8 Å². The maximum atomic E-state index is 13.7. The number of benzene rings is 1. The standard InChI is InChI=1S/C15H23FN2O2S/c1-9-4-10(2)6-12(5-9)18-21(19,20)13-7-14(16)11(3)15(17)8-13/h7-10,12,18H,4-6,17H2,1-3H3. The van der Waals surface area contributed by atoms with Crippen LogP contribution in [0, 0.1) is 24.6 Å². The van der Waals surface area contributed by atoms with Gasteiger partial charge in [-0.3, -0.25) is 0 Å². The summed E-state index contributed by atoms with van der Waals surface area (Å²) < 4.78 is 41.2. The SMILES string of the molecule is Cc1c(N)cc(S(=O)(=O)NC2CC(C)CC(C)C2)cc1F. The predicted molar refractivity (Wildman–Crippen MR) is 81.8 cm³/mol. The van der Waals surface area contributed by atoms with Crippen molar-refractivity contribution in [2.24, 2.45) is 11.8 Å². The van der Waals surface area contributed by atoms with Crippen LogP contribution in [0.2, 0.25) is 0 Å². The number of nitrogens with one attached hydrogen (secondary N) is 1. The lowest BCUT2D eigenvalue weighted by Crippen LogP contribution is -2.40. The Labute approximate surface area is 126 Å².